The number of amides is 1. The number of carboxylic acid groups (broad SMARTS) is 1. The summed E-state index contributed by atoms with van der Waals surface area (Å²) in [5, 5.41) is 22.1. The summed E-state index contributed by atoms with van der Waals surface area (Å²) in [7, 11) is 0. The first-order valence-electron chi connectivity index (χ1n) is 10.8. The van der Waals surface area contributed by atoms with E-state index in [0.717, 1.165) is 32.7 Å². The van der Waals surface area contributed by atoms with E-state index in [4.69, 9.17) is 0 Å². The Morgan fingerprint density at radius 1 is 1.20 bits per heavy atom. The summed E-state index contributed by atoms with van der Waals surface area (Å²) < 4.78 is 0. The van der Waals surface area contributed by atoms with Gasteiger partial charge in [0.05, 0.1) is 12.1 Å². The number of nitrogens with one attached hydrogen (secondary N) is 1. The number of aromatic nitrogens is 1. The van der Waals surface area contributed by atoms with Crippen molar-refractivity contribution in [1.29, 1.82) is 0 Å². The number of carbonyl (C=O) groups excluding carboxylic acids is 1. The molecule has 1 amide bonds. The molecule has 0 bridgehead atoms. The normalized spacial score (nSPS) is 12.0. The number of hydrogen-bond donors (Lipinski definition) is 3. The number of thioether (sulfide) groups is 1. The zero-order valence-corrected chi connectivity index (χ0v) is 21.8. The number of hydrogen-bond acceptors (Lipinski definition) is 6. The second-order valence-corrected chi connectivity index (χ2v) is 9.79. The van der Waals surface area contributed by atoms with Gasteiger partial charge in [-0.1, -0.05) is 36.4 Å². The average molecular weight is 504 g/mol. The van der Waals surface area contributed by atoms with Crippen molar-refractivity contribution in [3.05, 3.63) is 81.3 Å². The van der Waals surface area contributed by atoms with E-state index < -0.39 is 17.9 Å². The molecule has 3 rings (SSSR count). The maximum Gasteiger partial charge on any atom is 0.326 e. The molecule has 3 aromatic rings. The SMILES string of the molecule is CSCC[C@H](NC(=O)c1ccc(CC(=Cc2cncs2)CO)cc1-c1ccccc1C)C(=O)O.[Li]. The molecule has 0 saturated heterocycles. The van der Waals surface area contributed by atoms with Gasteiger partial charge in [0, 0.05) is 35.5 Å². The zero-order chi connectivity index (χ0) is 24.5. The molecule has 3 N–H and O–H groups in total. The second kappa shape index (κ2) is 14.3. The average Bonchev–Trinajstić information content (AvgIpc) is 3.34. The van der Waals surface area contributed by atoms with E-state index in [1.807, 2.05) is 55.7 Å². The van der Waals surface area contributed by atoms with E-state index in [1.165, 1.54) is 23.1 Å². The molecule has 35 heavy (non-hydrogen) atoms. The minimum absolute atomic E-state index is 0. The van der Waals surface area contributed by atoms with Crippen LogP contribution in [0, 0.1) is 6.92 Å². The second-order valence-electron chi connectivity index (χ2n) is 7.88. The van der Waals surface area contributed by atoms with Crippen LogP contribution in [0.25, 0.3) is 17.2 Å². The van der Waals surface area contributed by atoms with Crippen molar-refractivity contribution >= 4 is 59.9 Å². The number of carboxylic acids is 1. The topological polar surface area (TPSA) is 99.5 Å². The quantitative estimate of drug-likeness (QED) is 0.338. The van der Waals surface area contributed by atoms with Crippen LogP contribution in [0.4, 0.5) is 0 Å². The van der Waals surface area contributed by atoms with Crippen LogP contribution in [0.1, 0.15) is 32.8 Å². The molecule has 0 fully saturated rings. The van der Waals surface area contributed by atoms with Crippen LogP contribution < -0.4 is 5.32 Å². The molecular weight excluding hydrogens is 475 g/mol. The van der Waals surface area contributed by atoms with Crippen molar-refractivity contribution in [1.82, 2.24) is 10.3 Å². The number of benzene rings is 2. The summed E-state index contributed by atoms with van der Waals surface area (Å²) >= 11 is 3.04. The zero-order valence-electron chi connectivity index (χ0n) is 20.2. The first-order valence-corrected chi connectivity index (χ1v) is 13.1. The smallest absolute Gasteiger partial charge is 0.326 e. The Balaban J connectivity index is 0.00000432. The summed E-state index contributed by atoms with van der Waals surface area (Å²) in [4.78, 5) is 29.9. The summed E-state index contributed by atoms with van der Waals surface area (Å²) in [6.45, 7) is 1.89. The molecular formula is C26H28LiN2O4S2. The van der Waals surface area contributed by atoms with Crippen LogP contribution in [0.5, 0.6) is 0 Å². The molecule has 0 aliphatic heterocycles. The van der Waals surface area contributed by atoms with Gasteiger partial charge in [-0.15, -0.1) is 11.3 Å². The van der Waals surface area contributed by atoms with Crippen molar-refractivity contribution in [3.8, 4) is 11.1 Å². The molecule has 6 nitrogen and oxygen atoms in total. The van der Waals surface area contributed by atoms with Gasteiger partial charge in [0.15, 0.2) is 0 Å². The summed E-state index contributed by atoms with van der Waals surface area (Å²) in [5.41, 5.74) is 6.59. The molecule has 0 spiro atoms. The standard InChI is InChI=1S/C26H28N2O4S2.Li/c1-17-5-3-4-6-21(17)23-13-18(11-19(15-29)12-20-14-27-16-34-20)7-8-22(23)25(30)28-24(26(31)32)9-10-33-2;/h3-8,12-14,16,24,29H,9-11,15H2,1-2H3,(H,28,30)(H,31,32);/t24-;/m0./s1. The number of thiazole rings is 1. The Labute approximate surface area is 226 Å². The number of aliphatic hydroxyl groups is 1. The van der Waals surface area contributed by atoms with Gasteiger partial charge in [-0.05, 0) is 71.7 Å². The third-order valence-corrected chi connectivity index (χ3v) is 6.78. The summed E-state index contributed by atoms with van der Waals surface area (Å²) in [6.07, 6.45) is 6.44. The van der Waals surface area contributed by atoms with Crippen molar-refractivity contribution in [2.45, 2.75) is 25.8 Å². The van der Waals surface area contributed by atoms with Crippen molar-refractivity contribution < 1.29 is 19.8 Å². The molecule has 0 unspecified atom stereocenters. The number of rotatable bonds is 11. The van der Waals surface area contributed by atoms with Crippen LogP contribution in [-0.4, -0.2) is 70.6 Å². The van der Waals surface area contributed by atoms with E-state index in [9.17, 15) is 19.8 Å². The third kappa shape index (κ3) is 8.09. The van der Waals surface area contributed by atoms with Gasteiger partial charge in [-0.3, -0.25) is 9.78 Å². The molecule has 1 atom stereocenters. The molecule has 1 heterocycles. The molecule has 1 radical (unpaired) electrons. The van der Waals surface area contributed by atoms with Gasteiger partial charge in [0.25, 0.3) is 5.91 Å². The Morgan fingerprint density at radius 3 is 2.60 bits per heavy atom. The fourth-order valence-electron chi connectivity index (χ4n) is 3.64. The predicted octanol–water partition coefficient (Wildman–Crippen LogP) is 4.29. The monoisotopic (exact) mass is 503 g/mol. The largest absolute Gasteiger partial charge is 0.480 e. The van der Waals surface area contributed by atoms with Crippen molar-refractivity contribution in [2.24, 2.45) is 0 Å². The molecule has 9 heteroatoms. The predicted molar refractivity (Wildman–Crippen MR) is 145 cm³/mol. The molecule has 0 aliphatic rings. The molecule has 0 aliphatic carbocycles. The minimum atomic E-state index is -1.04. The van der Waals surface area contributed by atoms with Gasteiger partial charge >= 0.3 is 5.97 Å². The van der Waals surface area contributed by atoms with Crippen LogP contribution in [-0.2, 0) is 11.2 Å². The fourth-order valence-corrected chi connectivity index (χ4v) is 4.71. The fraction of sp³-hybridized carbons (Fsp3) is 0.269. The van der Waals surface area contributed by atoms with E-state index in [2.05, 4.69) is 10.3 Å². The maximum absolute atomic E-state index is 13.2. The molecule has 1 aromatic heterocycles. The van der Waals surface area contributed by atoms with E-state index in [-0.39, 0.29) is 25.5 Å². The van der Waals surface area contributed by atoms with Gasteiger partial charge < -0.3 is 15.5 Å². The number of aryl methyl sites for hydroxylation is 1. The number of aliphatic carboxylic acids is 1. The van der Waals surface area contributed by atoms with Crippen LogP contribution in [0.3, 0.4) is 0 Å². The van der Waals surface area contributed by atoms with Crippen molar-refractivity contribution in [3.63, 3.8) is 0 Å². The van der Waals surface area contributed by atoms with Gasteiger partial charge in [-0.25, -0.2) is 4.79 Å². The number of carbonyl (C=O) groups is 2. The van der Waals surface area contributed by atoms with E-state index in [1.54, 1.807) is 17.8 Å². The van der Waals surface area contributed by atoms with Crippen LogP contribution in [0.15, 0.2) is 59.7 Å². The Morgan fingerprint density at radius 2 is 1.97 bits per heavy atom. The molecule has 179 valence electrons. The minimum Gasteiger partial charge on any atom is -0.480 e. The van der Waals surface area contributed by atoms with Gasteiger partial charge in [0.2, 0.25) is 0 Å². The molecule has 2 aromatic carbocycles. The Bertz CT molecular complexity index is 1170. The summed E-state index contributed by atoms with van der Waals surface area (Å²) in [6, 6.07) is 12.4. The maximum atomic E-state index is 13.2. The first kappa shape index (κ1) is 28.9. The van der Waals surface area contributed by atoms with E-state index in [0.29, 0.717) is 24.2 Å². The third-order valence-electron chi connectivity index (χ3n) is 5.41. The number of nitrogens with zero attached hydrogens (tertiary/aromatic N) is 1. The van der Waals surface area contributed by atoms with Crippen molar-refractivity contribution in [2.75, 3.05) is 18.6 Å². The van der Waals surface area contributed by atoms with Crippen LogP contribution >= 0.6 is 23.1 Å². The molecule has 0 saturated carbocycles. The Kier molecular flexibility index (Phi) is 11.8. The van der Waals surface area contributed by atoms with Gasteiger partial charge in [-0.2, -0.15) is 11.8 Å². The number of aliphatic hydroxyl groups excluding tert-OH is 1. The first-order chi connectivity index (χ1) is 16.4. The van der Waals surface area contributed by atoms with Crippen LogP contribution in [0.2, 0.25) is 0 Å². The Hall–Kier alpha value is -2.34. The summed E-state index contributed by atoms with van der Waals surface area (Å²) in [5.74, 6) is -0.824. The van der Waals surface area contributed by atoms with Gasteiger partial charge in [0.1, 0.15) is 6.04 Å². The van der Waals surface area contributed by atoms with E-state index >= 15 is 0 Å².